The van der Waals surface area contributed by atoms with Crippen molar-refractivity contribution in [1.82, 2.24) is 0 Å². The predicted molar refractivity (Wildman–Crippen MR) is 271 cm³/mol. The van der Waals surface area contributed by atoms with Crippen LogP contribution in [0, 0.1) is 41.9 Å². The van der Waals surface area contributed by atoms with Crippen molar-refractivity contribution < 1.29 is 18.3 Å². The van der Waals surface area contributed by atoms with Crippen molar-refractivity contribution in [2.24, 2.45) is 35.0 Å². The Morgan fingerprint density at radius 2 is 1.18 bits per heavy atom. The standard InChI is InChI=1S/C33H33.C17H23.C7H7.CH3.CH2.2ClH.Zr/c1-32(2,3)30-20-26-24(18-28(30)22-13-9-7-10-14-22)17-25-19-29(23-15-11-8-12-16-23)31(21-27(25)26)33(4,5)6;1-11-3-4-14(5-11)17(2)15-7-12-6-13(9-15)10-16(17)8-12;1-7-5-3-2-4-6-7;;;;;/h7-16,18,20-21H,17H2,1-6H3;4-5,11-13,15-16H,6-10H2,1-2H3;3-6H,1H3;1H3;1H2;2*1H;. The van der Waals surface area contributed by atoms with E-state index in [1.54, 1.807) is 12.1 Å². The van der Waals surface area contributed by atoms with Crippen LogP contribution in [-0.4, -0.2) is 4.21 Å². The summed E-state index contributed by atoms with van der Waals surface area (Å²) in [5.41, 5.74) is 17.3. The van der Waals surface area contributed by atoms with Crippen molar-refractivity contribution >= 4 is 35.6 Å². The van der Waals surface area contributed by atoms with Gasteiger partial charge in [0.05, 0.1) is 0 Å². The third kappa shape index (κ3) is 6.87. The fraction of sp³-hybridized carbons (Fsp3) is 0.407. The van der Waals surface area contributed by atoms with Crippen molar-refractivity contribution in [3.05, 3.63) is 152 Å². The van der Waals surface area contributed by atoms with Crippen LogP contribution in [0.5, 0.6) is 0 Å². The quantitative estimate of drug-likeness (QED) is 0.156. The fourth-order valence-electron chi connectivity index (χ4n) is 14.0. The van der Waals surface area contributed by atoms with E-state index in [0.717, 1.165) is 30.1 Å². The van der Waals surface area contributed by atoms with Crippen LogP contribution in [0.1, 0.15) is 115 Å². The molecule has 0 saturated heterocycles. The summed E-state index contributed by atoms with van der Waals surface area (Å²) in [6.07, 6.45) is 13.7. The summed E-state index contributed by atoms with van der Waals surface area (Å²) in [4.78, 5) is 0. The molecule has 1 atom stereocenters. The summed E-state index contributed by atoms with van der Waals surface area (Å²) in [5, 5.41) is 0. The van der Waals surface area contributed by atoms with Crippen LogP contribution in [0.25, 0.3) is 33.4 Å². The number of fused-ring (bicyclic) bond motifs is 3. The second-order valence-corrected chi connectivity index (χ2v) is 37.1. The van der Waals surface area contributed by atoms with Gasteiger partial charge in [-0.3, -0.25) is 0 Å². The number of hydrogen-bond donors (Lipinski definition) is 0. The average molecular weight is 941 g/mol. The summed E-state index contributed by atoms with van der Waals surface area (Å²) in [5.74, 6) is 3.87. The minimum atomic E-state index is -4.88. The maximum atomic E-state index is 5.98. The Kier molecular flexibility index (Phi) is 11.4. The van der Waals surface area contributed by atoms with E-state index in [1.807, 2.05) is 0 Å². The number of rotatable bonds is 6. The van der Waals surface area contributed by atoms with Gasteiger partial charge in [-0.25, -0.2) is 0 Å². The van der Waals surface area contributed by atoms with E-state index in [9.17, 15) is 0 Å². The molecular weight excluding hydrogens is 871 g/mol. The first-order chi connectivity index (χ1) is 28.3. The zero-order valence-corrected chi connectivity index (χ0v) is 43.2. The van der Waals surface area contributed by atoms with Gasteiger partial charge in [0.2, 0.25) is 0 Å². The molecule has 0 aliphatic heterocycles. The molecule has 4 fully saturated rings. The average Bonchev–Trinajstić information content (AvgIpc) is 3.79. The van der Waals surface area contributed by atoms with E-state index >= 15 is 0 Å². The normalized spacial score (nSPS) is 25.0. The minimum absolute atomic E-state index is 0. The molecule has 62 heavy (non-hydrogen) atoms. The summed E-state index contributed by atoms with van der Waals surface area (Å²) in [7, 11) is 0. The molecule has 11 rings (SSSR count). The Balaban J connectivity index is 0.00000264. The van der Waals surface area contributed by atoms with E-state index < -0.39 is 18.3 Å². The SMILES string of the molecule is Cl.Cl.[CH2]=[Zr]([CH3])([C]1=CC(C2(C)C3CC4CC(C3)CC2C4)=CC1C)([c]1ccc(C)cc1)[c]1c2c(cc(C(C)(C)C)c1-c1ccccc1)-c1cc(C(C)(C)C)c(-c3ccccc3)cc1C2. The second kappa shape index (κ2) is 15.5. The third-order valence-corrected chi connectivity index (χ3v) is 31.7. The monoisotopic (exact) mass is 938 g/mol. The van der Waals surface area contributed by atoms with Gasteiger partial charge in [-0.1, -0.05) is 0 Å². The van der Waals surface area contributed by atoms with Crippen molar-refractivity contribution in [3.63, 3.8) is 0 Å². The van der Waals surface area contributed by atoms with Crippen molar-refractivity contribution in [1.29, 1.82) is 0 Å². The molecule has 6 aliphatic carbocycles. The molecule has 0 amide bonds. The molecule has 324 valence electrons. The molecule has 5 aromatic carbocycles. The van der Waals surface area contributed by atoms with Crippen LogP contribution in [0.4, 0.5) is 0 Å². The fourth-order valence-corrected chi connectivity index (χ4v) is 28.4. The zero-order chi connectivity index (χ0) is 42.2. The van der Waals surface area contributed by atoms with Crippen LogP contribution in [-0.2, 0) is 35.5 Å². The van der Waals surface area contributed by atoms with E-state index in [0.29, 0.717) is 5.92 Å². The molecule has 0 aromatic heterocycles. The number of halogens is 2. The van der Waals surface area contributed by atoms with E-state index in [2.05, 4.69) is 182 Å². The van der Waals surface area contributed by atoms with Gasteiger partial charge in [0.15, 0.2) is 0 Å². The molecule has 0 heterocycles. The molecule has 0 N–H and O–H groups in total. The van der Waals surface area contributed by atoms with Crippen molar-refractivity contribution in [2.75, 3.05) is 0 Å². The van der Waals surface area contributed by atoms with Gasteiger partial charge < -0.3 is 0 Å². The molecule has 5 aromatic rings. The van der Waals surface area contributed by atoms with E-state index in [1.165, 1.54) is 96.6 Å². The molecule has 0 radical (unpaired) electrons. The predicted octanol–water partition coefficient (Wildman–Crippen LogP) is 15.4. The topological polar surface area (TPSA) is 0 Å². The number of aryl methyl sites for hydroxylation is 1. The number of hydrogen-bond acceptors (Lipinski definition) is 0. The summed E-state index contributed by atoms with van der Waals surface area (Å²) < 4.78 is 13.5. The summed E-state index contributed by atoms with van der Waals surface area (Å²) >= 11 is -4.88. The van der Waals surface area contributed by atoms with Gasteiger partial charge in [0, 0.05) is 0 Å². The van der Waals surface area contributed by atoms with E-state index in [-0.39, 0.29) is 41.1 Å². The third-order valence-electron chi connectivity index (χ3n) is 17.1. The Bertz CT molecular complexity index is 2650. The molecular formula is C59H70Cl2Zr. The molecule has 3 heteroatoms. The van der Waals surface area contributed by atoms with Crippen LogP contribution in [0.2, 0.25) is 4.63 Å². The van der Waals surface area contributed by atoms with Crippen LogP contribution < -0.4 is 6.54 Å². The van der Waals surface area contributed by atoms with Gasteiger partial charge in [-0.05, 0) is 0 Å². The van der Waals surface area contributed by atoms with Gasteiger partial charge in [-0.15, -0.1) is 24.8 Å². The van der Waals surface area contributed by atoms with Crippen LogP contribution in [0.3, 0.4) is 0 Å². The first-order valence-corrected chi connectivity index (χ1v) is 31.3. The van der Waals surface area contributed by atoms with Crippen molar-refractivity contribution in [3.8, 4) is 33.4 Å². The number of benzene rings is 5. The Labute approximate surface area is 387 Å². The first kappa shape index (κ1) is 45.5. The van der Waals surface area contributed by atoms with Crippen LogP contribution >= 0.6 is 24.8 Å². The second-order valence-electron chi connectivity index (χ2n) is 23.1. The van der Waals surface area contributed by atoms with Crippen LogP contribution in [0.15, 0.2) is 124 Å². The molecule has 0 spiro atoms. The van der Waals surface area contributed by atoms with E-state index in [4.69, 9.17) is 4.21 Å². The first-order valence-electron chi connectivity index (χ1n) is 23.4. The van der Waals surface area contributed by atoms with Gasteiger partial charge in [0.25, 0.3) is 0 Å². The summed E-state index contributed by atoms with van der Waals surface area (Å²) in [6.45, 7) is 22.0. The van der Waals surface area contributed by atoms with Gasteiger partial charge in [0.1, 0.15) is 0 Å². The van der Waals surface area contributed by atoms with Gasteiger partial charge in [-0.2, -0.15) is 0 Å². The molecule has 1 unspecified atom stereocenters. The molecule has 4 saturated carbocycles. The Morgan fingerprint density at radius 1 is 0.645 bits per heavy atom. The summed E-state index contributed by atoms with van der Waals surface area (Å²) in [6, 6.07) is 40.2. The molecule has 6 aliphatic rings. The Morgan fingerprint density at radius 3 is 1.73 bits per heavy atom. The zero-order valence-electron chi connectivity index (χ0n) is 39.1. The molecule has 0 nitrogen and oxygen atoms in total. The number of allylic oxidation sites excluding steroid dienone is 4. The maximum absolute atomic E-state index is 5.98. The molecule has 4 bridgehead atoms. The van der Waals surface area contributed by atoms with Gasteiger partial charge >= 0.3 is 366 Å². The Hall–Kier alpha value is -3.09. The van der Waals surface area contributed by atoms with Crippen molar-refractivity contribution in [2.45, 2.75) is 116 Å².